The summed E-state index contributed by atoms with van der Waals surface area (Å²) < 4.78 is 6.18. The van der Waals surface area contributed by atoms with Gasteiger partial charge in [-0.15, -0.1) is 0 Å². The first-order chi connectivity index (χ1) is 11.0. The van der Waals surface area contributed by atoms with Crippen molar-refractivity contribution in [1.29, 1.82) is 5.26 Å². The van der Waals surface area contributed by atoms with Gasteiger partial charge in [0.15, 0.2) is 6.10 Å². The van der Waals surface area contributed by atoms with E-state index in [1.165, 1.54) is 6.92 Å². The van der Waals surface area contributed by atoms with E-state index in [9.17, 15) is 10.1 Å². The molecule has 0 radical (unpaired) electrons. The lowest BCUT2D eigenvalue weighted by Gasteiger charge is -2.10. The highest BCUT2D eigenvalue weighted by atomic mass is 79.9. The van der Waals surface area contributed by atoms with Crippen molar-refractivity contribution >= 4 is 33.5 Å². The summed E-state index contributed by atoms with van der Waals surface area (Å²) in [5, 5.41) is 18.2. The highest BCUT2D eigenvalue weighted by Crippen LogP contribution is 2.22. The van der Waals surface area contributed by atoms with Crippen LogP contribution in [0.15, 0.2) is 53.0 Å². The Labute approximate surface area is 142 Å². The van der Waals surface area contributed by atoms with Gasteiger partial charge < -0.3 is 9.84 Å². The fourth-order valence-electron chi connectivity index (χ4n) is 1.90. The van der Waals surface area contributed by atoms with Gasteiger partial charge in [-0.05, 0) is 48.4 Å². The van der Waals surface area contributed by atoms with E-state index in [1.807, 2.05) is 24.3 Å². The molecule has 2 rings (SSSR count). The van der Waals surface area contributed by atoms with Crippen LogP contribution in [0.25, 0.3) is 11.6 Å². The Morgan fingerprint density at radius 2 is 2.00 bits per heavy atom. The second-order valence-electron chi connectivity index (χ2n) is 4.85. The summed E-state index contributed by atoms with van der Waals surface area (Å²) in [5.41, 5.74) is 2.19. The number of carboxylic acids is 1. The number of nitrogens with zero attached hydrogens (tertiary/aromatic N) is 1. The Kier molecular flexibility index (Phi) is 5.56. The van der Waals surface area contributed by atoms with Crippen LogP contribution in [0.5, 0.6) is 5.75 Å². The van der Waals surface area contributed by atoms with Crippen molar-refractivity contribution in [3.63, 3.8) is 0 Å². The van der Waals surface area contributed by atoms with Crippen LogP contribution in [0.3, 0.4) is 0 Å². The molecule has 0 aromatic heterocycles. The third-order valence-corrected chi connectivity index (χ3v) is 3.60. The van der Waals surface area contributed by atoms with Crippen molar-refractivity contribution in [3.05, 3.63) is 64.1 Å². The summed E-state index contributed by atoms with van der Waals surface area (Å²) in [6, 6.07) is 16.6. The smallest absolute Gasteiger partial charge is 0.344 e. The summed E-state index contributed by atoms with van der Waals surface area (Å²) in [7, 11) is 0. The summed E-state index contributed by atoms with van der Waals surface area (Å²) in [6.07, 6.45) is 0.861. The quantitative estimate of drug-likeness (QED) is 0.625. The van der Waals surface area contributed by atoms with Crippen molar-refractivity contribution in [2.45, 2.75) is 13.0 Å². The van der Waals surface area contributed by atoms with Gasteiger partial charge in [-0.25, -0.2) is 4.79 Å². The average Bonchev–Trinajstić information content (AvgIpc) is 2.54. The first kappa shape index (κ1) is 16.8. The lowest BCUT2D eigenvalue weighted by Crippen LogP contribution is -2.22. The first-order valence-corrected chi connectivity index (χ1v) is 7.66. The molecular weight excluding hydrogens is 358 g/mol. The van der Waals surface area contributed by atoms with Crippen molar-refractivity contribution in [3.8, 4) is 11.8 Å². The van der Waals surface area contributed by atoms with Crippen molar-refractivity contribution in [2.75, 3.05) is 0 Å². The van der Waals surface area contributed by atoms with Crippen LogP contribution in [-0.2, 0) is 4.79 Å². The normalized spacial score (nSPS) is 12.3. The third kappa shape index (κ3) is 4.70. The Morgan fingerprint density at radius 3 is 2.57 bits per heavy atom. The minimum absolute atomic E-state index is 0.470. The molecule has 116 valence electrons. The number of hydrogen-bond donors (Lipinski definition) is 1. The molecule has 0 unspecified atom stereocenters. The van der Waals surface area contributed by atoms with Crippen LogP contribution in [0.4, 0.5) is 0 Å². The monoisotopic (exact) mass is 371 g/mol. The number of halogens is 1. The van der Waals surface area contributed by atoms with Crippen LogP contribution < -0.4 is 4.74 Å². The van der Waals surface area contributed by atoms with Gasteiger partial charge in [0.05, 0.1) is 11.6 Å². The zero-order valence-corrected chi connectivity index (χ0v) is 13.9. The maximum atomic E-state index is 10.8. The Balaban J connectivity index is 2.21. The van der Waals surface area contributed by atoms with E-state index in [4.69, 9.17) is 9.84 Å². The van der Waals surface area contributed by atoms with Gasteiger partial charge in [0.2, 0.25) is 0 Å². The number of benzene rings is 2. The summed E-state index contributed by atoms with van der Waals surface area (Å²) in [5.74, 6) is -0.548. The molecule has 0 fully saturated rings. The Hall–Kier alpha value is -2.58. The van der Waals surface area contributed by atoms with E-state index in [-0.39, 0.29) is 0 Å². The third-order valence-electron chi connectivity index (χ3n) is 3.11. The minimum atomic E-state index is -1.02. The Morgan fingerprint density at radius 1 is 1.30 bits per heavy atom. The van der Waals surface area contributed by atoms with Gasteiger partial charge in [0.1, 0.15) is 5.75 Å². The van der Waals surface area contributed by atoms with E-state index in [0.29, 0.717) is 11.3 Å². The van der Waals surface area contributed by atoms with Crippen molar-refractivity contribution < 1.29 is 14.6 Å². The van der Waals surface area contributed by atoms with Crippen LogP contribution in [0.2, 0.25) is 0 Å². The average molecular weight is 372 g/mol. The minimum Gasteiger partial charge on any atom is -0.479 e. The molecule has 0 aliphatic heterocycles. The number of carbonyl (C=O) groups is 1. The van der Waals surface area contributed by atoms with Gasteiger partial charge >= 0.3 is 5.97 Å². The number of rotatable bonds is 5. The second-order valence-corrected chi connectivity index (χ2v) is 5.76. The molecule has 0 amide bonds. The number of allylic oxidation sites excluding steroid dienone is 1. The van der Waals surface area contributed by atoms with Crippen LogP contribution in [0, 0.1) is 11.3 Å². The fourth-order valence-corrected chi connectivity index (χ4v) is 2.30. The molecule has 0 aliphatic rings. The topological polar surface area (TPSA) is 70.3 Å². The largest absolute Gasteiger partial charge is 0.479 e. The zero-order chi connectivity index (χ0) is 16.8. The number of aliphatic carboxylic acids is 1. The highest BCUT2D eigenvalue weighted by Gasteiger charge is 2.12. The zero-order valence-electron chi connectivity index (χ0n) is 12.4. The van der Waals surface area contributed by atoms with Gasteiger partial charge in [-0.2, -0.15) is 5.26 Å². The lowest BCUT2D eigenvalue weighted by atomic mass is 10.0. The maximum absolute atomic E-state index is 10.8. The molecular formula is C18H14BrNO3. The lowest BCUT2D eigenvalue weighted by molar-refractivity contribution is -0.144. The van der Waals surface area contributed by atoms with Crippen molar-refractivity contribution in [2.24, 2.45) is 0 Å². The summed E-state index contributed by atoms with van der Waals surface area (Å²) >= 11 is 3.39. The molecule has 2 aromatic rings. The van der Waals surface area contributed by atoms with Crippen molar-refractivity contribution in [1.82, 2.24) is 0 Å². The van der Waals surface area contributed by atoms with E-state index < -0.39 is 12.1 Å². The highest BCUT2D eigenvalue weighted by molar-refractivity contribution is 9.10. The molecule has 4 nitrogen and oxygen atoms in total. The molecule has 5 heteroatoms. The molecule has 0 saturated heterocycles. The van der Waals surface area contributed by atoms with Crippen LogP contribution >= 0.6 is 15.9 Å². The predicted molar refractivity (Wildman–Crippen MR) is 91.8 cm³/mol. The summed E-state index contributed by atoms with van der Waals surface area (Å²) in [6.45, 7) is 1.47. The molecule has 23 heavy (non-hydrogen) atoms. The maximum Gasteiger partial charge on any atom is 0.344 e. The Bertz CT molecular complexity index is 776. The molecule has 0 saturated carbocycles. The molecule has 0 heterocycles. The second kappa shape index (κ2) is 7.61. The molecule has 0 spiro atoms. The number of nitriles is 1. The molecule has 2 aromatic carbocycles. The van der Waals surface area contributed by atoms with E-state index >= 15 is 0 Å². The van der Waals surface area contributed by atoms with Gasteiger partial charge in [-0.1, -0.05) is 40.2 Å². The standard InChI is InChI=1S/C18H14BrNO3/c1-12(18(21)22)23-17-7-5-13(6-8-17)9-15(11-20)14-3-2-4-16(19)10-14/h2-10,12H,1H3,(H,21,22)/b15-9-/t12-/m1/s1. The first-order valence-electron chi connectivity index (χ1n) is 6.87. The molecule has 1 N–H and O–H groups in total. The van der Waals surface area contributed by atoms with Crippen LogP contribution in [0.1, 0.15) is 18.1 Å². The SMILES string of the molecule is C[C@@H](Oc1ccc(/C=C(/C#N)c2cccc(Br)c2)cc1)C(=O)O. The number of hydrogen-bond acceptors (Lipinski definition) is 3. The van der Waals surface area contributed by atoms with Crippen LogP contribution in [-0.4, -0.2) is 17.2 Å². The molecule has 1 atom stereocenters. The molecule has 0 bridgehead atoms. The molecule has 0 aliphatic carbocycles. The number of ether oxygens (including phenoxy) is 1. The summed E-state index contributed by atoms with van der Waals surface area (Å²) in [4.78, 5) is 10.8. The van der Waals surface area contributed by atoms with E-state index in [2.05, 4.69) is 22.0 Å². The van der Waals surface area contributed by atoms with Gasteiger partial charge in [0, 0.05) is 4.47 Å². The van der Waals surface area contributed by atoms with Gasteiger partial charge in [-0.3, -0.25) is 0 Å². The number of carboxylic acid groups (broad SMARTS) is 1. The van der Waals surface area contributed by atoms with Gasteiger partial charge in [0.25, 0.3) is 0 Å². The predicted octanol–water partition coefficient (Wildman–Crippen LogP) is 4.37. The van der Waals surface area contributed by atoms with E-state index in [1.54, 1.807) is 30.3 Å². The van der Waals surface area contributed by atoms with E-state index in [0.717, 1.165) is 15.6 Å². The fraction of sp³-hybridized carbons (Fsp3) is 0.111.